The number of hydrogen-bond acceptors (Lipinski definition) is 5. The van der Waals surface area contributed by atoms with Crippen LogP contribution in [0.2, 0.25) is 5.02 Å². The third-order valence-electron chi connectivity index (χ3n) is 4.98. The lowest BCUT2D eigenvalue weighted by Gasteiger charge is -2.20. The number of hydrogen-bond donors (Lipinski definition) is 2. The van der Waals surface area contributed by atoms with E-state index in [0.29, 0.717) is 12.2 Å². The number of nitro benzene ring substituents is 1. The molecule has 2 aromatic carbocycles. The predicted octanol–water partition coefficient (Wildman–Crippen LogP) is 3.70. The lowest BCUT2D eigenvalue weighted by atomic mass is 10.1. The van der Waals surface area contributed by atoms with Gasteiger partial charge in [0, 0.05) is 42.4 Å². The molecule has 0 radical (unpaired) electrons. The Balaban J connectivity index is 1.63. The first-order valence-corrected chi connectivity index (χ1v) is 9.99. The summed E-state index contributed by atoms with van der Waals surface area (Å²) in [6.07, 6.45) is 0.175. The maximum atomic E-state index is 12.5. The minimum atomic E-state index is -0.582. The number of carbonyl (C=O) groups excluding carboxylic acids is 3. The van der Waals surface area contributed by atoms with Crippen LogP contribution in [0.3, 0.4) is 0 Å². The molecule has 9 nitrogen and oxygen atoms in total. The van der Waals surface area contributed by atoms with Gasteiger partial charge in [0.2, 0.25) is 11.8 Å². The maximum Gasteiger partial charge on any atom is 0.271 e. The molecule has 1 aliphatic rings. The van der Waals surface area contributed by atoms with Gasteiger partial charge in [-0.25, -0.2) is 0 Å². The Morgan fingerprint density at radius 1 is 1.16 bits per heavy atom. The van der Waals surface area contributed by atoms with Gasteiger partial charge >= 0.3 is 0 Å². The molecule has 1 saturated heterocycles. The molecule has 3 amide bonds. The van der Waals surface area contributed by atoms with Crippen molar-refractivity contribution in [1.82, 2.24) is 4.90 Å². The summed E-state index contributed by atoms with van der Waals surface area (Å²) in [6.45, 7) is 4.19. The van der Waals surface area contributed by atoms with Gasteiger partial charge in [-0.05, 0) is 44.2 Å². The lowest BCUT2D eigenvalue weighted by Crippen LogP contribution is -2.33. The van der Waals surface area contributed by atoms with E-state index < -0.39 is 16.7 Å². The Morgan fingerprint density at radius 3 is 2.42 bits per heavy atom. The second-order valence-corrected chi connectivity index (χ2v) is 7.89. The van der Waals surface area contributed by atoms with Gasteiger partial charge in [-0.15, -0.1) is 0 Å². The largest absolute Gasteiger partial charge is 0.339 e. The highest BCUT2D eigenvalue weighted by Gasteiger charge is 2.35. The van der Waals surface area contributed by atoms with Crippen molar-refractivity contribution in [2.75, 3.05) is 17.2 Å². The van der Waals surface area contributed by atoms with Crippen LogP contribution in [-0.2, 0) is 9.59 Å². The molecule has 1 fully saturated rings. The molecule has 3 rings (SSSR count). The number of carbonyl (C=O) groups is 3. The van der Waals surface area contributed by atoms with Crippen molar-refractivity contribution >= 4 is 46.4 Å². The molecular formula is C21H21ClN4O5. The number of anilines is 2. The van der Waals surface area contributed by atoms with E-state index in [1.54, 1.807) is 17.0 Å². The highest BCUT2D eigenvalue weighted by Crippen LogP contribution is 2.27. The molecule has 10 heteroatoms. The van der Waals surface area contributed by atoms with Crippen molar-refractivity contribution in [3.63, 3.8) is 0 Å². The molecule has 2 aromatic rings. The standard InChI is InChI=1S/C21H21ClN4O5/c1-12(2)25-11-14(9-19(25)27)21(29)23-15-5-3-13(4-6-15)20(28)24-18-10-16(26(30)31)7-8-17(18)22/h3-8,10,12,14H,9,11H2,1-2H3,(H,23,29)(H,24,28). The molecule has 1 aliphatic heterocycles. The molecular weight excluding hydrogens is 424 g/mol. The third kappa shape index (κ3) is 5.18. The van der Waals surface area contributed by atoms with Crippen LogP contribution in [0, 0.1) is 16.0 Å². The van der Waals surface area contributed by atoms with Gasteiger partial charge in [0.15, 0.2) is 0 Å². The second-order valence-electron chi connectivity index (χ2n) is 7.48. The molecule has 1 heterocycles. The van der Waals surface area contributed by atoms with E-state index in [4.69, 9.17) is 11.6 Å². The molecule has 31 heavy (non-hydrogen) atoms. The lowest BCUT2D eigenvalue weighted by molar-refractivity contribution is -0.384. The fourth-order valence-electron chi connectivity index (χ4n) is 3.27. The molecule has 1 atom stereocenters. The number of halogens is 1. The number of rotatable bonds is 6. The number of nitro groups is 1. The molecule has 0 saturated carbocycles. The van der Waals surface area contributed by atoms with E-state index in [2.05, 4.69) is 10.6 Å². The minimum absolute atomic E-state index is 0.0398. The first kappa shape index (κ1) is 22.2. The summed E-state index contributed by atoms with van der Waals surface area (Å²) >= 11 is 6.00. The smallest absolute Gasteiger partial charge is 0.271 e. The fourth-order valence-corrected chi connectivity index (χ4v) is 3.44. The van der Waals surface area contributed by atoms with E-state index in [9.17, 15) is 24.5 Å². The summed E-state index contributed by atoms with van der Waals surface area (Å²) in [5.41, 5.74) is 0.700. The normalized spacial score (nSPS) is 15.8. The van der Waals surface area contributed by atoms with Crippen molar-refractivity contribution in [2.45, 2.75) is 26.3 Å². The summed E-state index contributed by atoms with van der Waals surface area (Å²) < 4.78 is 0. The monoisotopic (exact) mass is 444 g/mol. The van der Waals surface area contributed by atoms with Crippen molar-refractivity contribution in [3.05, 3.63) is 63.2 Å². The first-order chi connectivity index (χ1) is 14.7. The fraction of sp³-hybridized carbons (Fsp3) is 0.286. The van der Waals surface area contributed by atoms with Crippen molar-refractivity contribution in [3.8, 4) is 0 Å². The maximum absolute atomic E-state index is 12.5. The SMILES string of the molecule is CC(C)N1CC(C(=O)Nc2ccc(C(=O)Nc3cc([N+](=O)[O-])ccc3Cl)cc2)CC1=O. The quantitative estimate of drug-likeness (QED) is 0.519. The molecule has 0 aromatic heterocycles. The average molecular weight is 445 g/mol. The van der Waals surface area contributed by atoms with E-state index in [0.717, 1.165) is 0 Å². The first-order valence-electron chi connectivity index (χ1n) is 9.61. The Hall–Kier alpha value is -3.46. The summed E-state index contributed by atoms with van der Waals surface area (Å²) in [4.78, 5) is 48.9. The summed E-state index contributed by atoms with van der Waals surface area (Å²) in [6, 6.07) is 9.96. The van der Waals surface area contributed by atoms with Crippen LogP contribution >= 0.6 is 11.6 Å². The van der Waals surface area contributed by atoms with Crippen LogP contribution in [0.1, 0.15) is 30.6 Å². The third-order valence-corrected chi connectivity index (χ3v) is 5.31. The van der Waals surface area contributed by atoms with Crippen molar-refractivity contribution < 1.29 is 19.3 Å². The van der Waals surface area contributed by atoms with Crippen molar-refractivity contribution in [2.24, 2.45) is 5.92 Å². The Labute approximate surface area is 183 Å². The molecule has 1 unspecified atom stereocenters. The number of benzene rings is 2. The van der Waals surface area contributed by atoms with Crippen LogP contribution < -0.4 is 10.6 Å². The van der Waals surface area contributed by atoms with E-state index >= 15 is 0 Å². The van der Waals surface area contributed by atoms with Gasteiger partial charge in [0.1, 0.15) is 0 Å². The minimum Gasteiger partial charge on any atom is -0.339 e. The zero-order chi connectivity index (χ0) is 22.7. The summed E-state index contributed by atoms with van der Waals surface area (Å²) in [5, 5.41) is 16.4. The molecule has 0 spiro atoms. The van der Waals surface area contributed by atoms with Gasteiger partial charge in [0.25, 0.3) is 11.6 Å². The number of non-ortho nitro benzene ring substituents is 1. The molecule has 0 bridgehead atoms. The van der Waals surface area contributed by atoms with E-state index in [1.807, 2.05) is 13.8 Å². The predicted molar refractivity (Wildman–Crippen MR) is 116 cm³/mol. The number of nitrogens with zero attached hydrogens (tertiary/aromatic N) is 2. The zero-order valence-electron chi connectivity index (χ0n) is 16.9. The topological polar surface area (TPSA) is 122 Å². The number of nitrogens with one attached hydrogen (secondary N) is 2. The number of likely N-dealkylation sites (tertiary alicyclic amines) is 1. The molecule has 0 aliphatic carbocycles. The van der Waals surface area contributed by atoms with E-state index in [1.165, 1.54) is 30.3 Å². The molecule has 162 valence electrons. The van der Waals surface area contributed by atoms with E-state index in [-0.39, 0.29) is 46.2 Å². The van der Waals surface area contributed by atoms with Crippen LogP contribution in [0.15, 0.2) is 42.5 Å². The Kier molecular flexibility index (Phi) is 6.55. The highest BCUT2D eigenvalue weighted by molar-refractivity contribution is 6.34. The van der Waals surface area contributed by atoms with Crippen LogP contribution in [0.5, 0.6) is 0 Å². The van der Waals surface area contributed by atoms with Crippen molar-refractivity contribution in [1.29, 1.82) is 0 Å². The van der Waals surface area contributed by atoms with Gasteiger partial charge in [-0.2, -0.15) is 0 Å². The Morgan fingerprint density at radius 2 is 1.84 bits per heavy atom. The van der Waals surface area contributed by atoms with Gasteiger partial charge in [-0.1, -0.05) is 11.6 Å². The number of amides is 3. The van der Waals surface area contributed by atoms with Crippen LogP contribution in [0.4, 0.5) is 17.1 Å². The van der Waals surface area contributed by atoms with Gasteiger partial charge in [-0.3, -0.25) is 24.5 Å². The van der Waals surface area contributed by atoms with Crippen LogP contribution in [-0.4, -0.2) is 40.1 Å². The summed E-state index contributed by atoms with van der Waals surface area (Å²) in [5.74, 6) is -1.22. The van der Waals surface area contributed by atoms with Gasteiger partial charge < -0.3 is 15.5 Å². The highest BCUT2D eigenvalue weighted by atomic mass is 35.5. The van der Waals surface area contributed by atoms with Gasteiger partial charge in [0.05, 0.1) is 21.6 Å². The average Bonchev–Trinajstić information content (AvgIpc) is 3.12. The zero-order valence-corrected chi connectivity index (χ0v) is 17.7. The molecule has 2 N–H and O–H groups in total. The second kappa shape index (κ2) is 9.13. The summed E-state index contributed by atoms with van der Waals surface area (Å²) in [7, 11) is 0. The van der Waals surface area contributed by atoms with Crippen LogP contribution in [0.25, 0.3) is 0 Å². The Bertz CT molecular complexity index is 1040.